The van der Waals surface area contributed by atoms with Gasteiger partial charge in [-0.1, -0.05) is 29.3 Å². The number of nitrogens with zero attached hydrogens (tertiary/aromatic N) is 3. The lowest BCUT2D eigenvalue weighted by Gasteiger charge is -2.09. The summed E-state index contributed by atoms with van der Waals surface area (Å²) < 4.78 is 28.3. The summed E-state index contributed by atoms with van der Waals surface area (Å²) in [6.07, 6.45) is 3.58. The Kier molecular flexibility index (Phi) is 4.98. The van der Waals surface area contributed by atoms with Crippen LogP contribution >= 0.6 is 23.2 Å². The van der Waals surface area contributed by atoms with Crippen LogP contribution < -0.4 is 4.72 Å². The molecule has 1 aromatic heterocycles. The lowest BCUT2D eigenvalue weighted by Crippen LogP contribution is -2.26. The fourth-order valence-corrected chi connectivity index (χ4v) is 3.40. The van der Waals surface area contributed by atoms with Gasteiger partial charge < -0.3 is 0 Å². The molecule has 20 heavy (non-hydrogen) atoms. The second-order valence-electron chi connectivity index (χ2n) is 3.96. The van der Waals surface area contributed by atoms with E-state index in [1.54, 1.807) is 11.0 Å². The van der Waals surface area contributed by atoms with Gasteiger partial charge in [0.05, 0.1) is 10.0 Å². The summed E-state index contributed by atoms with van der Waals surface area (Å²) in [6, 6.07) is 4.49. The minimum Gasteiger partial charge on any atom is -0.253 e. The number of benzene rings is 1. The van der Waals surface area contributed by atoms with E-state index in [1.165, 1.54) is 24.5 Å². The van der Waals surface area contributed by atoms with Crippen LogP contribution in [0.3, 0.4) is 0 Å². The van der Waals surface area contributed by atoms with Crippen molar-refractivity contribution in [2.24, 2.45) is 0 Å². The topological polar surface area (TPSA) is 76.9 Å². The first-order valence-corrected chi connectivity index (χ1v) is 8.01. The van der Waals surface area contributed by atoms with E-state index in [9.17, 15) is 8.42 Å². The predicted octanol–water partition coefficient (Wildman–Crippen LogP) is 1.95. The molecule has 0 amide bonds. The minimum atomic E-state index is -3.67. The van der Waals surface area contributed by atoms with E-state index < -0.39 is 10.0 Å². The smallest absolute Gasteiger partial charge is 0.242 e. The maximum atomic E-state index is 12.1. The lowest BCUT2D eigenvalue weighted by atomic mass is 10.4. The van der Waals surface area contributed by atoms with Gasteiger partial charge in [-0.05, 0) is 18.6 Å². The fourth-order valence-electron chi connectivity index (χ4n) is 1.57. The fraction of sp³-hybridized carbons (Fsp3) is 0.273. The molecule has 1 N–H and O–H groups in total. The standard InChI is InChI=1S/C11H12Cl2N4O2S/c12-9-3-1-4-10(11(9)13)20(18,19)16-5-2-6-17-8-14-7-15-17/h1,3-4,7-8,16H,2,5-6H2. The van der Waals surface area contributed by atoms with Gasteiger partial charge in [0, 0.05) is 13.1 Å². The Balaban J connectivity index is 1.95. The average Bonchev–Trinajstić information content (AvgIpc) is 2.91. The van der Waals surface area contributed by atoms with Crippen LogP contribution in [0.2, 0.25) is 10.0 Å². The third-order valence-electron chi connectivity index (χ3n) is 2.53. The number of aromatic nitrogens is 3. The predicted molar refractivity (Wildman–Crippen MR) is 76.3 cm³/mol. The van der Waals surface area contributed by atoms with Crippen molar-refractivity contribution in [3.05, 3.63) is 40.9 Å². The molecular weight excluding hydrogens is 323 g/mol. The lowest BCUT2D eigenvalue weighted by molar-refractivity contribution is 0.552. The van der Waals surface area contributed by atoms with Crippen LogP contribution in [0.5, 0.6) is 0 Å². The van der Waals surface area contributed by atoms with Gasteiger partial charge >= 0.3 is 0 Å². The van der Waals surface area contributed by atoms with Crippen molar-refractivity contribution >= 4 is 33.2 Å². The minimum absolute atomic E-state index is 0.0209. The van der Waals surface area contributed by atoms with Gasteiger partial charge in [-0.3, -0.25) is 4.68 Å². The van der Waals surface area contributed by atoms with Crippen LogP contribution in [0.15, 0.2) is 35.7 Å². The molecule has 2 aromatic rings. The highest BCUT2D eigenvalue weighted by molar-refractivity contribution is 7.89. The monoisotopic (exact) mass is 334 g/mol. The van der Waals surface area contributed by atoms with Crippen molar-refractivity contribution in [3.8, 4) is 0 Å². The van der Waals surface area contributed by atoms with Crippen LogP contribution in [0.1, 0.15) is 6.42 Å². The van der Waals surface area contributed by atoms with Crippen LogP contribution in [0.4, 0.5) is 0 Å². The number of hydrogen-bond acceptors (Lipinski definition) is 4. The van der Waals surface area contributed by atoms with E-state index in [4.69, 9.17) is 23.2 Å². The molecule has 0 saturated heterocycles. The van der Waals surface area contributed by atoms with Crippen molar-refractivity contribution in [3.63, 3.8) is 0 Å². The van der Waals surface area contributed by atoms with E-state index >= 15 is 0 Å². The van der Waals surface area contributed by atoms with E-state index in [0.717, 1.165) is 0 Å². The first kappa shape index (κ1) is 15.2. The number of rotatable bonds is 6. The zero-order chi connectivity index (χ0) is 14.6. The van der Waals surface area contributed by atoms with Gasteiger partial charge in [0.1, 0.15) is 17.6 Å². The van der Waals surface area contributed by atoms with Crippen molar-refractivity contribution in [2.45, 2.75) is 17.9 Å². The molecule has 0 atom stereocenters. The molecular formula is C11H12Cl2N4O2S. The maximum Gasteiger partial charge on any atom is 0.242 e. The van der Waals surface area contributed by atoms with Gasteiger partial charge in [-0.2, -0.15) is 5.10 Å². The van der Waals surface area contributed by atoms with Crippen molar-refractivity contribution in [1.29, 1.82) is 0 Å². The molecule has 0 aliphatic heterocycles. The van der Waals surface area contributed by atoms with E-state index in [1.807, 2.05) is 0 Å². The van der Waals surface area contributed by atoms with Crippen LogP contribution in [-0.2, 0) is 16.6 Å². The largest absolute Gasteiger partial charge is 0.253 e. The van der Waals surface area contributed by atoms with Crippen LogP contribution in [0.25, 0.3) is 0 Å². The maximum absolute atomic E-state index is 12.1. The van der Waals surface area contributed by atoms with Gasteiger partial charge in [0.25, 0.3) is 0 Å². The zero-order valence-corrected chi connectivity index (χ0v) is 12.7. The highest BCUT2D eigenvalue weighted by atomic mass is 35.5. The summed E-state index contributed by atoms with van der Waals surface area (Å²) in [5.74, 6) is 0. The van der Waals surface area contributed by atoms with Gasteiger partial charge in [0.15, 0.2) is 0 Å². The number of sulfonamides is 1. The molecule has 0 spiro atoms. The van der Waals surface area contributed by atoms with Crippen molar-refractivity contribution in [1.82, 2.24) is 19.5 Å². The summed E-state index contributed by atoms with van der Waals surface area (Å²) in [5.41, 5.74) is 0. The first-order valence-electron chi connectivity index (χ1n) is 5.77. The van der Waals surface area contributed by atoms with Gasteiger partial charge in [0.2, 0.25) is 10.0 Å². The van der Waals surface area contributed by atoms with E-state index in [0.29, 0.717) is 13.0 Å². The molecule has 0 fully saturated rings. The average molecular weight is 335 g/mol. The number of hydrogen-bond donors (Lipinski definition) is 1. The molecule has 1 aromatic carbocycles. The SMILES string of the molecule is O=S(=O)(NCCCn1cncn1)c1cccc(Cl)c1Cl. The molecule has 6 nitrogen and oxygen atoms in total. The zero-order valence-electron chi connectivity index (χ0n) is 10.3. The third-order valence-corrected chi connectivity index (χ3v) is 4.96. The molecule has 9 heteroatoms. The van der Waals surface area contributed by atoms with Crippen LogP contribution in [-0.4, -0.2) is 29.7 Å². The van der Waals surface area contributed by atoms with E-state index in [2.05, 4.69) is 14.8 Å². The third kappa shape index (κ3) is 3.69. The number of aryl methyl sites for hydroxylation is 1. The second-order valence-corrected chi connectivity index (χ2v) is 6.48. The molecule has 0 aliphatic rings. The molecule has 0 saturated carbocycles. The Hall–Kier alpha value is -1.15. The summed E-state index contributed by atoms with van der Waals surface area (Å²) in [5, 5.41) is 4.16. The van der Waals surface area contributed by atoms with Crippen molar-refractivity contribution < 1.29 is 8.42 Å². The Morgan fingerprint density at radius 2 is 2.10 bits per heavy atom. The summed E-state index contributed by atoms with van der Waals surface area (Å²) in [7, 11) is -3.67. The molecule has 0 aliphatic carbocycles. The van der Waals surface area contributed by atoms with Gasteiger partial charge in [-0.25, -0.2) is 18.1 Å². The molecule has 1 heterocycles. The van der Waals surface area contributed by atoms with Gasteiger partial charge in [-0.15, -0.1) is 0 Å². The Bertz CT molecular complexity index is 674. The Morgan fingerprint density at radius 1 is 1.30 bits per heavy atom. The molecule has 108 valence electrons. The number of nitrogens with one attached hydrogen (secondary N) is 1. The van der Waals surface area contributed by atoms with Crippen molar-refractivity contribution in [2.75, 3.05) is 6.54 Å². The highest BCUT2D eigenvalue weighted by Crippen LogP contribution is 2.28. The summed E-state index contributed by atoms with van der Waals surface area (Å²) in [6.45, 7) is 0.844. The number of halogens is 2. The molecule has 0 radical (unpaired) electrons. The molecule has 0 unspecified atom stereocenters. The Labute approximate surface area is 126 Å². The molecule has 2 rings (SSSR count). The second kappa shape index (κ2) is 6.53. The Morgan fingerprint density at radius 3 is 2.80 bits per heavy atom. The summed E-state index contributed by atoms with van der Waals surface area (Å²) >= 11 is 11.7. The normalized spacial score (nSPS) is 11.7. The summed E-state index contributed by atoms with van der Waals surface area (Å²) in [4.78, 5) is 3.78. The van der Waals surface area contributed by atoms with Crippen LogP contribution in [0, 0.1) is 0 Å². The van der Waals surface area contributed by atoms with E-state index in [-0.39, 0.29) is 21.5 Å². The highest BCUT2D eigenvalue weighted by Gasteiger charge is 2.18. The molecule has 0 bridgehead atoms. The quantitative estimate of drug-likeness (QED) is 0.819. The first-order chi connectivity index (χ1) is 9.50.